The lowest BCUT2D eigenvalue weighted by molar-refractivity contribution is -0.0118. The quantitative estimate of drug-likeness (QED) is 0.767. The molecule has 0 saturated heterocycles. The minimum atomic E-state index is -0.745. The Hall–Kier alpha value is -0.580. The summed E-state index contributed by atoms with van der Waals surface area (Å²) in [6.45, 7) is 8.04. The smallest absolute Gasteiger partial charge is 0.138 e. The van der Waals surface area contributed by atoms with Crippen molar-refractivity contribution in [2.24, 2.45) is 0 Å². The van der Waals surface area contributed by atoms with Gasteiger partial charge in [0.1, 0.15) is 12.4 Å². The van der Waals surface area contributed by atoms with Gasteiger partial charge in [0.05, 0.1) is 10.1 Å². The molecule has 1 aromatic carbocycles. The molecule has 0 unspecified atom stereocenters. The van der Waals surface area contributed by atoms with Gasteiger partial charge in [-0.25, -0.2) is 0 Å². The van der Waals surface area contributed by atoms with E-state index in [1.807, 2.05) is 32.0 Å². The molecule has 0 radical (unpaired) electrons. The third kappa shape index (κ3) is 4.79. The molecule has 0 fully saturated rings. The second-order valence-electron chi connectivity index (χ2n) is 4.73. The van der Waals surface area contributed by atoms with Crippen LogP contribution < -0.4 is 10.1 Å². The van der Waals surface area contributed by atoms with Gasteiger partial charge in [0.25, 0.3) is 0 Å². The first-order valence-corrected chi connectivity index (χ1v) is 7.69. The van der Waals surface area contributed by atoms with E-state index in [9.17, 15) is 5.11 Å². The van der Waals surface area contributed by atoms with Gasteiger partial charge in [0, 0.05) is 12.1 Å². The van der Waals surface area contributed by atoms with Crippen LogP contribution in [0.1, 0.15) is 39.2 Å². The van der Waals surface area contributed by atoms with Crippen LogP contribution in [0.25, 0.3) is 0 Å². The normalized spacial score (nSPS) is 11.6. The molecule has 19 heavy (non-hydrogen) atoms. The molecule has 0 spiro atoms. The summed E-state index contributed by atoms with van der Waals surface area (Å²) < 4.78 is 6.80. The zero-order chi connectivity index (χ0) is 14.3. The number of hydrogen-bond acceptors (Lipinski definition) is 3. The first-order chi connectivity index (χ1) is 9.06. The van der Waals surface area contributed by atoms with Crippen molar-refractivity contribution in [1.82, 2.24) is 5.32 Å². The Morgan fingerprint density at radius 2 is 1.95 bits per heavy atom. The van der Waals surface area contributed by atoms with E-state index in [2.05, 4.69) is 28.2 Å². The molecular weight excluding hydrogens is 306 g/mol. The number of rotatable bonds is 8. The molecule has 0 aliphatic heterocycles. The van der Waals surface area contributed by atoms with Gasteiger partial charge in [0.2, 0.25) is 0 Å². The number of aliphatic hydroxyl groups is 1. The second kappa shape index (κ2) is 7.88. The standard InChI is InChI=1S/C15H24BrNO2/c1-4-15(18,5-2)11-19-14-12(10-17-6-3)8-7-9-13(14)16/h7-9,17-18H,4-6,10-11H2,1-3H3. The Balaban J connectivity index is 2.81. The summed E-state index contributed by atoms with van der Waals surface area (Å²) in [5.41, 5.74) is 0.357. The van der Waals surface area contributed by atoms with Crippen LogP contribution in [0.4, 0.5) is 0 Å². The van der Waals surface area contributed by atoms with Gasteiger partial charge in [0.15, 0.2) is 0 Å². The van der Waals surface area contributed by atoms with E-state index >= 15 is 0 Å². The van der Waals surface area contributed by atoms with Crippen LogP contribution in [-0.2, 0) is 6.54 Å². The summed E-state index contributed by atoms with van der Waals surface area (Å²) in [5.74, 6) is 0.823. The predicted molar refractivity (Wildman–Crippen MR) is 82.5 cm³/mol. The highest BCUT2D eigenvalue weighted by atomic mass is 79.9. The third-order valence-electron chi connectivity index (χ3n) is 3.42. The SMILES string of the molecule is CCNCc1cccc(Br)c1OCC(O)(CC)CC. The van der Waals surface area contributed by atoms with Crippen molar-refractivity contribution < 1.29 is 9.84 Å². The fourth-order valence-corrected chi connectivity index (χ4v) is 2.30. The van der Waals surface area contributed by atoms with Crippen molar-refractivity contribution in [1.29, 1.82) is 0 Å². The molecule has 4 heteroatoms. The van der Waals surface area contributed by atoms with Crippen LogP contribution in [0.15, 0.2) is 22.7 Å². The Morgan fingerprint density at radius 3 is 2.53 bits per heavy atom. The van der Waals surface area contributed by atoms with Gasteiger partial charge in [-0.05, 0) is 41.4 Å². The summed E-state index contributed by atoms with van der Waals surface area (Å²) in [7, 11) is 0. The van der Waals surface area contributed by atoms with Crippen LogP contribution in [0.5, 0.6) is 5.75 Å². The topological polar surface area (TPSA) is 41.5 Å². The first kappa shape index (κ1) is 16.5. The average molecular weight is 330 g/mol. The summed E-state index contributed by atoms with van der Waals surface area (Å²) in [5, 5.41) is 13.6. The summed E-state index contributed by atoms with van der Waals surface area (Å²) in [6, 6.07) is 6.00. The highest BCUT2D eigenvalue weighted by Crippen LogP contribution is 2.30. The molecule has 0 aliphatic rings. The third-order valence-corrected chi connectivity index (χ3v) is 4.04. The van der Waals surface area contributed by atoms with Gasteiger partial charge in [-0.1, -0.05) is 32.9 Å². The fourth-order valence-electron chi connectivity index (χ4n) is 1.77. The van der Waals surface area contributed by atoms with Crippen LogP contribution in [-0.4, -0.2) is 23.9 Å². The summed E-state index contributed by atoms with van der Waals surface area (Å²) >= 11 is 3.52. The Bertz CT molecular complexity index is 392. The fraction of sp³-hybridized carbons (Fsp3) is 0.600. The molecule has 0 aromatic heterocycles. The van der Waals surface area contributed by atoms with Gasteiger partial charge in [-0.3, -0.25) is 0 Å². The summed E-state index contributed by atoms with van der Waals surface area (Å²) in [6.07, 6.45) is 1.38. The van der Waals surface area contributed by atoms with Crippen molar-refractivity contribution in [2.45, 2.75) is 45.8 Å². The maximum Gasteiger partial charge on any atom is 0.138 e. The molecule has 3 nitrogen and oxygen atoms in total. The van der Waals surface area contributed by atoms with E-state index in [0.717, 1.165) is 28.9 Å². The zero-order valence-electron chi connectivity index (χ0n) is 12.0. The maximum absolute atomic E-state index is 10.3. The maximum atomic E-state index is 10.3. The minimum absolute atomic E-state index is 0.321. The largest absolute Gasteiger partial charge is 0.489 e. The number of hydrogen-bond donors (Lipinski definition) is 2. The number of benzene rings is 1. The van der Waals surface area contributed by atoms with E-state index in [1.165, 1.54) is 0 Å². The molecule has 0 saturated carbocycles. The van der Waals surface area contributed by atoms with E-state index in [4.69, 9.17) is 4.74 Å². The molecule has 0 aliphatic carbocycles. The number of halogens is 1. The molecule has 1 rings (SSSR count). The van der Waals surface area contributed by atoms with Gasteiger partial charge < -0.3 is 15.2 Å². The molecule has 0 heterocycles. The lowest BCUT2D eigenvalue weighted by atomic mass is 9.99. The van der Waals surface area contributed by atoms with Gasteiger partial charge in [-0.15, -0.1) is 0 Å². The van der Waals surface area contributed by atoms with Crippen molar-refractivity contribution in [3.8, 4) is 5.75 Å². The van der Waals surface area contributed by atoms with Crippen molar-refractivity contribution >= 4 is 15.9 Å². The monoisotopic (exact) mass is 329 g/mol. The molecule has 1 aromatic rings. The lowest BCUT2D eigenvalue weighted by Crippen LogP contribution is -2.34. The molecule has 0 atom stereocenters. The average Bonchev–Trinajstić information content (AvgIpc) is 2.43. The molecule has 108 valence electrons. The van der Waals surface area contributed by atoms with Crippen LogP contribution in [0.3, 0.4) is 0 Å². The number of nitrogens with one attached hydrogen (secondary N) is 1. The highest BCUT2D eigenvalue weighted by Gasteiger charge is 2.24. The van der Waals surface area contributed by atoms with E-state index < -0.39 is 5.60 Å². The van der Waals surface area contributed by atoms with Crippen molar-refractivity contribution in [3.05, 3.63) is 28.2 Å². The number of ether oxygens (including phenoxy) is 1. The minimum Gasteiger partial charge on any atom is -0.489 e. The zero-order valence-corrected chi connectivity index (χ0v) is 13.6. The number of para-hydroxylation sites is 1. The molecule has 0 bridgehead atoms. The first-order valence-electron chi connectivity index (χ1n) is 6.89. The van der Waals surface area contributed by atoms with Crippen LogP contribution >= 0.6 is 15.9 Å². The van der Waals surface area contributed by atoms with E-state index in [0.29, 0.717) is 19.4 Å². The summed E-state index contributed by atoms with van der Waals surface area (Å²) in [4.78, 5) is 0. The Labute approximate surface area is 124 Å². The lowest BCUT2D eigenvalue weighted by Gasteiger charge is -2.26. The van der Waals surface area contributed by atoms with Gasteiger partial charge in [-0.2, -0.15) is 0 Å². The highest BCUT2D eigenvalue weighted by molar-refractivity contribution is 9.10. The second-order valence-corrected chi connectivity index (χ2v) is 5.58. The van der Waals surface area contributed by atoms with E-state index in [-0.39, 0.29) is 0 Å². The van der Waals surface area contributed by atoms with Crippen molar-refractivity contribution in [3.63, 3.8) is 0 Å². The molecule has 0 amide bonds. The molecular formula is C15H24BrNO2. The van der Waals surface area contributed by atoms with Crippen LogP contribution in [0.2, 0.25) is 0 Å². The van der Waals surface area contributed by atoms with Crippen LogP contribution in [0, 0.1) is 0 Å². The predicted octanol–water partition coefficient (Wildman–Crippen LogP) is 3.49. The Morgan fingerprint density at radius 1 is 1.26 bits per heavy atom. The van der Waals surface area contributed by atoms with E-state index in [1.54, 1.807) is 0 Å². The van der Waals surface area contributed by atoms with Gasteiger partial charge >= 0.3 is 0 Å². The molecule has 2 N–H and O–H groups in total. The Kier molecular flexibility index (Phi) is 6.83. The van der Waals surface area contributed by atoms with Crippen molar-refractivity contribution in [2.75, 3.05) is 13.2 Å².